The number of benzene rings is 1. The van der Waals surface area contributed by atoms with Crippen LogP contribution in [0.1, 0.15) is 65.2 Å². The van der Waals surface area contributed by atoms with Crippen molar-refractivity contribution in [3.8, 4) is 5.75 Å². The van der Waals surface area contributed by atoms with Gasteiger partial charge in [0.2, 0.25) is 0 Å². The second kappa shape index (κ2) is 11.5. The second-order valence-corrected chi connectivity index (χ2v) is 9.17. The molecule has 182 valence electrons. The van der Waals surface area contributed by atoms with Crippen LogP contribution >= 0.6 is 0 Å². The lowest BCUT2D eigenvalue weighted by Gasteiger charge is -2.36. The maximum Gasteiger partial charge on any atom is 0.253 e. The summed E-state index contributed by atoms with van der Waals surface area (Å²) in [6.07, 6.45) is 13.8. The molecule has 0 spiro atoms. The maximum atomic E-state index is 13.5. The van der Waals surface area contributed by atoms with E-state index in [1.165, 1.54) is 11.1 Å². The molecule has 0 radical (unpaired) electrons. The summed E-state index contributed by atoms with van der Waals surface area (Å²) < 4.78 is 11.3. The predicted molar refractivity (Wildman–Crippen MR) is 136 cm³/mol. The van der Waals surface area contributed by atoms with Crippen molar-refractivity contribution in [2.45, 2.75) is 65.0 Å². The largest absolute Gasteiger partial charge is 0.496 e. The number of hydrogen-bond donors (Lipinski definition) is 1. The van der Waals surface area contributed by atoms with Crippen LogP contribution in [0, 0.1) is 6.92 Å². The molecule has 0 unspecified atom stereocenters. The van der Waals surface area contributed by atoms with E-state index in [1.54, 1.807) is 13.3 Å². The Morgan fingerprint density at radius 2 is 2.00 bits per heavy atom. The molecular weight excluding hydrogens is 426 g/mol. The summed E-state index contributed by atoms with van der Waals surface area (Å²) in [5.74, 6) is 0.748. The SMILES string of the molecule is CCN(c1cncc2c1CC=CCCCc1cc(C)cc(OC)c1CNC2=O)C1CCOCC1. The van der Waals surface area contributed by atoms with Crippen molar-refractivity contribution in [3.05, 3.63) is 64.5 Å². The van der Waals surface area contributed by atoms with E-state index in [0.717, 1.165) is 80.8 Å². The van der Waals surface area contributed by atoms with E-state index < -0.39 is 0 Å². The van der Waals surface area contributed by atoms with Crippen molar-refractivity contribution in [1.82, 2.24) is 10.3 Å². The van der Waals surface area contributed by atoms with Gasteiger partial charge in [-0.05, 0) is 75.1 Å². The first-order valence-electron chi connectivity index (χ1n) is 12.5. The first-order valence-corrected chi connectivity index (χ1v) is 12.5. The zero-order chi connectivity index (χ0) is 23.9. The number of hydrogen-bond acceptors (Lipinski definition) is 5. The number of pyridine rings is 1. The average molecular weight is 464 g/mol. The normalized spacial score (nSPS) is 17.4. The van der Waals surface area contributed by atoms with Crippen LogP contribution in [0.15, 0.2) is 36.7 Å². The molecule has 0 aliphatic carbocycles. The van der Waals surface area contributed by atoms with E-state index in [1.807, 2.05) is 12.3 Å². The quantitative estimate of drug-likeness (QED) is 0.662. The molecule has 2 aromatic rings. The second-order valence-electron chi connectivity index (χ2n) is 9.17. The van der Waals surface area contributed by atoms with Gasteiger partial charge in [-0.2, -0.15) is 0 Å². The van der Waals surface area contributed by atoms with Crippen LogP contribution < -0.4 is 15.0 Å². The van der Waals surface area contributed by atoms with E-state index in [0.29, 0.717) is 18.2 Å². The fraction of sp³-hybridized carbons (Fsp3) is 0.500. The Hall–Kier alpha value is -2.86. The van der Waals surface area contributed by atoms with Crippen molar-refractivity contribution >= 4 is 11.6 Å². The Labute approximate surface area is 203 Å². The number of carbonyl (C=O) groups is 1. The third-order valence-electron chi connectivity index (χ3n) is 6.96. The van der Waals surface area contributed by atoms with Gasteiger partial charge in [-0.15, -0.1) is 0 Å². The molecule has 3 heterocycles. The van der Waals surface area contributed by atoms with Crippen LogP contribution in [0.2, 0.25) is 0 Å². The first kappa shape index (κ1) is 24.3. The molecule has 1 aromatic heterocycles. The van der Waals surface area contributed by atoms with Crippen LogP contribution in [0.3, 0.4) is 0 Å². The number of anilines is 1. The van der Waals surface area contributed by atoms with Crippen molar-refractivity contribution in [2.75, 3.05) is 31.8 Å². The molecule has 0 bridgehead atoms. The van der Waals surface area contributed by atoms with Gasteiger partial charge in [0.1, 0.15) is 5.75 Å². The number of amides is 1. The molecule has 2 aliphatic heterocycles. The molecule has 0 saturated carbocycles. The van der Waals surface area contributed by atoms with E-state index >= 15 is 0 Å². The summed E-state index contributed by atoms with van der Waals surface area (Å²) in [7, 11) is 1.70. The standard InChI is InChI=1S/C28H37N3O3/c1-4-31(22-11-13-34-14-12-22)26-19-29-17-25-23(26)10-8-6-5-7-9-21-15-20(2)16-27(33-3)24(21)18-30-28(25)32/h6,8,15-17,19,22H,4-5,7,9-14,18H2,1-3H3,(H,30,32). The number of ether oxygens (including phenoxy) is 2. The van der Waals surface area contributed by atoms with Crippen molar-refractivity contribution in [2.24, 2.45) is 0 Å². The maximum absolute atomic E-state index is 13.5. The fourth-order valence-corrected chi connectivity index (χ4v) is 5.21. The van der Waals surface area contributed by atoms with Crippen LogP contribution in [0.4, 0.5) is 5.69 Å². The number of allylic oxidation sites excluding steroid dienone is 2. The van der Waals surface area contributed by atoms with Gasteiger partial charge in [0.05, 0.1) is 24.6 Å². The highest BCUT2D eigenvalue weighted by molar-refractivity contribution is 5.97. The van der Waals surface area contributed by atoms with Gasteiger partial charge in [-0.3, -0.25) is 9.78 Å². The molecule has 1 amide bonds. The third-order valence-corrected chi connectivity index (χ3v) is 6.96. The van der Waals surface area contributed by atoms with E-state index in [4.69, 9.17) is 9.47 Å². The highest BCUT2D eigenvalue weighted by Gasteiger charge is 2.25. The van der Waals surface area contributed by atoms with Crippen LogP contribution in [-0.4, -0.2) is 43.8 Å². The molecule has 1 fully saturated rings. The Balaban J connectivity index is 1.70. The Morgan fingerprint density at radius 1 is 1.18 bits per heavy atom. The molecule has 34 heavy (non-hydrogen) atoms. The number of aryl methyl sites for hydroxylation is 2. The minimum Gasteiger partial charge on any atom is -0.496 e. The number of carbonyl (C=O) groups excluding carboxylic acids is 1. The molecule has 4 rings (SSSR count). The summed E-state index contributed by atoms with van der Waals surface area (Å²) in [5, 5.41) is 3.17. The molecule has 0 atom stereocenters. The lowest BCUT2D eigenvalue weighted by atomic mass is 9.98. The molecule has 6 nitrogen and oxygen atoms in total. The van der Waals surface area contributed by atoms with Gasteiger partial charge in [0, 0.05) is 44.1 Å². The molecule has 6 heteroatoms. The van der Waals surface area contributed by atoms with Gasteiger partial charge < -0.3 is 19.7 Å². The number of aromatic nitrogens is 1. The number of methoxy groups -OCH3 is 1. The molecular formula is C28H37N3O3. The summed E-state index contributed by atoms with van der Waals surface area (Å²) in [6, 6.07) is 4.67. The van der Waals surface area contributed by atoms with E-state index in [2.05, 4.69) is 47.3 Å². The molecule has 1 aromatic carbocycles. The zero-order valence-corrected chi connectivity index (χ0v) is 20.7. The number of nitrogens with zero attached hydrogens (tertiary/aromatic N) is 2. The smallest absolute Gasteiger partial charge is 0.253 e. The third kappa shape index (κ3) is 5.44. The predicted octanol–water partition coefficient (Wildman–Crippen LogP) is 4.77. The average Bonchev–Trinajstić information content (AvgIpc) is 2.87. The van der Waals surface area contributed by atoms with Crippen molar-refractivity contribution < 1.29 is 14.3 Å². The lowest BCUT2D eigenvalue weighted by Crippen LogP contribution is -2.40. The highest BCUT2D eigenvalue weighted by atomic mass is 16.5. The van der Waals surface area contributed by atoms with Gasteiger partial charge >= 0.3 is 0 Å². The lowest BCUT2D eigenvalue weighted by molar-refractivity contribution is 0.0845. The van der Waals surface area contributed by atoms with Crippen LogP contribution in [-0.2, 0) is 24.1 Å². The molecule has 1 saturated heterocycles. The van der Waals surface area contributed by atoms with Gasteiger partial charge in [-0.25, -0.2) is 0 Å². The Kier molecular flexibility index (Phi) is 8.22. The minimum absolute atomic E-state index is 0.0893. The van der Waals surface area contributed by atoms with Crippen LogP contribution in [0.5, 0.6) is 5.75 Å². The summed E-state index contributed by atoms with van der Waals surface area (Å²) in [6.45, 7) is 7.14. The molecule has 1 N–H and O–H groups in total. The monoisotopic (exact) mass is 463 g/mol. The van der Waals surface area contributed by atoms with E-state index in [9.17, 15) is 4.79 Å². The first-order chi connectivity index (χ1) is 16.6. The topological polar surface area (TPSA) is 63.7 Å². The van der Waals surface area contributed by atoms with Crippen LogP contribution in [0.25, 0.3) is 0 Å². The zero-order valence-electron chi connectivity index (χ0n) is 20.7. The summed E-state index contributed by atoms with van der Waals surface area (Å²) in [5.41, 5.74) is 6.25. The fourth-order valence-electron chi connectivity index (χ4n) is 5.21. The van der Waals surface area contributed by atoms with Gasteiger partial charge in [0.15, 0.2) is 0 Å². The summed E-state index contributed by atoms with van der Waals surface area (Å²) >= 11 is 0. The Morgan fingerprint density at radius 3 is 2.76 bits per heavy atom. The van der Waals surface area contributed by atoms with Gasteiger partial charge in [-0.1, -0.05) is 18.2 Å². The van der Waals surface area contributed by atoms with Crippen molar-refractivity contribution in [3.63, 3.8) is 0 Å². The Bertz CT molecular complexity index is 1030. The van der Waals surface area contributed by atoms with Gasteiger partial charge in [0.25, 0.3) is 5.91 Å². The number of nitrogens with one attached hydrogen (secondary N) is 1. The minimum atomic E-state index is -0.0893. The highest BCUT2D eigenvalue weighted by Crippen LogP contribution is 2.30. The summed E-state index contributed by atoms with van der Waals surface area (Å²) in [4.78, 5) is 20.4. The van der Waals surface area contributed by atoms with E-state index in [-0.39, 0.29) is 5.91 Å². The van der Waals surface area contributed by atoms with Crippen molar-refractivity contribution in [1.29, 1.82) is 0 Å². The molecule has 2 aliphatic rings. The number of fused-ring (bicyclic) bond motifs is 2. The number of rotatable bonds is 4.